The second-order valence-electron chi connectivity index (χ2n) is 6.58. The SMILES string of the molecule is CC[C@H](NC(=O)CCC(=O)c1ccc2c(c1)OCCO2)c1ccc(OC)cc1. The van der Waals surface area contributed by atoms with Gasteiger partial charge in [0.05, 0.1) is 13.2 Å². The standard InChI is InChI=1S/C22H25NO5/c1-3-18(15-4-7-17(26-2)8-5-15)23-22(25)11-9-19(24)16-6-10-20-21(14-16)28-13-12-27-20/h4-8,10,14,18H,3,9,11-13H2,1-2H3,(H,23,25)/t18-/m0/s1. The Balaban J connectivity index is 1.54. The Hall–Kier alpha value is -3.02. The molecule has 28 heavy (non-hydrogen) atoms. The van der Waals surface area contributed by atoms with E-state index in [1.807, 2.05) is 31.2 Å². The van der Waals surface area contributed by atoms with Crippen LogP contribution in [0.25, 0.3) is 0 Å². The molecule has 0 saturated carbocycles. The number of carbonyl (C=O) groups excluding carboxylic acids is 2. The fourth-order valence-corrected chi connectivity index (χ4v) is 3.11. The molecular formula is C22H25NO5. The zero-order valence-electron chi connectivity index (χ0n) is 16.2. The average molecular weight is 383 g/mol. The maximum Gasteiger partial charge on any atom is 0.220 e. The van der Waals surface area contributed by atoms with Crippen LogP contribution in [0, 0.1) is 0 Å². The monoisotopic (exact) mass is 383 g/mol. The van der Waals surface area contributed by atoms with Gasteiger partial charge in [-0.1, -0.05) is 19.1 Å². The number of benzene rings is 2. The Kier molecular flexibility index (Phi) is 6.53. The molecule has 1 heterocycles. The topological polar surface area (TPSA) is 73.9 Å². The lowest BCUT2D eigenvalue weighted by atomic mass is 10.0. The predicted molar refractivity (Wildman–Crippen MR) is 105 cm³/mol. The molecule has 1 aliphatic heterocycles. The van der Waals surface area contributed by atoms with E-state index >= 15 is 0 Å². The zero-order chi connectivity index (χ0) is 19.9. The summed E-state index contributed by atoms with van der Waals surface area (Å²) in [6.07, 6.45) is 1.04. The number of nitrogens with one attached hydrogen (secondary N) is 1. The number of Topliss-reactive ketones (excluding diaryl/α,β-unsaturated/α-hetero) is 1. The molecule has 3 rings (SSSR count). The Bertz CT molecular complexity index is 831. The molecular weight excluding hydrogens is 358 g/mol. The van der Waals surface area contributed by atoms with E-state index in [4.69, 9.17) is 14.2 Å². The van der Waals surface area contributed by atoms with Gasteiger partial charge in [-0.2, -0.15) is 0 Å². The van der Waals surface area contributed by atoms with Crippen molar-refractivity contribution >= 4 is 11.7 Å². The molecule has 1 aliphatic rings. The first-order chi connectivity index (χ1) is 13.6. The second-order valence-corrected chi connectivity index (χ2v) is 6.58. The molecule has 0 unspecified atom stereocenters. The molecule has 0 radical (unpaired) electrons. The first kappa shape index (κ1) is 19.7. The molecule has 148 valence electrons. The van der Waals surface area contributed by atoms with Gasteiger partial charge >= 0.3 is 0 Å². The van der Waals surface area contributed by atoms with Gasteiger partial charge < -0.3 is 19.5 Å². The minimum atomic E-state index is -0.145. The van der Waals surface area contributed by atoms with Gasteiger partial charge in [-0.15, -0.1) is 0 Å². The van der Waals surface area contributed by atoms with Crippen LogP contribution < -0.4 is 19.5 Å². The van der Waals surface area contributed by atoms with Crippen molar-refractivity contribution in [2.45, 2.75) is 32.2 Å². The van der Waals surface area contributed by atoms with Crippen LogP contribution in [0.2, 0.25) is 0 Å². The second kappa shape index (κ2) is 9.26. The lowest BCUT2D eigenvalue weighted by Crippen LogP contribution is -2.28. The summed E-state index contributed by atoms with van der Waals surface area (Å²) in [6, 6.07) is 12.6. The maximum absolute atomic E-state index is 12.4. The first-order valence-electron chi connectivity index (χ1n) is 9.47. The third-order valence-corrected chi connectivity index (χ3v) is 4.70. The first-order valence-corrected chi connectivity index (χ1v) is 9.47. The molecule has 1 atom stereocenters. The van der Waals surface area contributed by atoms with Crippen molar-refractivity contribution in [2.24, 2.45) is 0 Å². The normalized spacial score (nSPS) is 13.5. The van der Waals surface area contributed by atoms with Crippen molar-refractivity contribution in [1.82, 2.24) is 5.32 Å². The maximum atomic E-state index is 12.4. The van der Waals surface area contributed by atoms with Crippen molar-refractivity contribution in [3.05, 3.63) is 53.6 Å². The van der Waals surface area contributed by atoms with Gasteiger partial charge in [-0.05, 0) is 42.3 Å². The van der Waals surface area contributed by atoms with Crippen LogP contribution in [0.1, 0.15) is 48.1 Å². The predicted octanol–water partition coefficient (Wildman–Crippen LogP) is 3.70. The summed E-state index contributed by atoms with van der Waals surface area (Å²) in [7, 11) is 1.62. The molecule has 6 heteroatoms. The van der Waals surface area contributed by atoms with Crippen LogP contribution in [0.5, 0.6) is 17.2 Å². The molecule has 1 amide bonds. The Labute approximate surface area is 164 Å². The average Bonchev–Trinajstić information content (AvgIpc) is 2.75. The van der Waals surface area contributed by atoms with E-state index in [0.29, 0.717) is 30.3 Å². The van der Waals surface area contributed by atoms with Crippen molar-refractivity contribution in [3.63, 3.8) is 0 Å². The van der Waals surface area contributed by atoms with Gasteiger partial charge in [0.25, 0.3) is 0 Å². The fourth-order valence-electron chi connectivity index (χ4n) is 3.11. The van der Waals surface area contributed by atoms with Crippen LogP contribution >= 0.6 is 0 Å². The van der Waals surface area contributed by atoms with Crippen molar-refractivity contribution in [2.75, 3.05) is 20.3 Å². The number of hydrogen-bond donors (Lipinski definition) is 1. The van der Waals surface area contributed by atoms with Crippen LogP contribution in [0.3, 0.4) is 0 Å². The number of fused-ring (bicyclic) bond motifs is 1. The van der Waals surface area contributed by atoms with Gasteiger partial charge in [-0.25, -0.2) is 0 Å². The summed E-state index contributed by atoms with van der Waals surface area (Å²) in [6.45, 7) is 2.99. The molecule has 0 bridgehead atoms. The minimum Gasteiger partial charge on any atom is -0.497 e. The molecule has 0 aromatic heterocycles. The molecule has 0 aliphatic carbocycles. The van der Waals surface area contributed by atoms with E-state index in [0.717, 1.165) is 17.7 Å². The lowest BCUT2D eigenvalue weighted by Gasteiger charge is -2.19. The molecule has 2 aromatic rings. The van der Waals surface area contributed by atoms with Gasteiger partial charge in [0.1, 0.15) is 19.0 Å². The number of rotatable bonds is 8. The highest BCUT2D eigenvalue weighted by Gasteiger charge is 2.17. The quantitative estimate of drug-likeness (QED) is 0.704. The molecule has 6 nitrogen and oxygen atoms in total. The molecule has 0 saturated heterocycles. The Morgan fingerprint density at radius 3 is 2.43 bits per heavy atom. The summed E-state index contributed by atoms with van der Waals surface area (Å²) in [4.78, 5) is 24.8. The summed E-state index contributed by atoms with van der Waals surface area (Å²) < 4.78 is 16.1. The van der Waals surface area contributed by atoms with Crippen LogP contribution in [0.4, 0.5) is 0 Å². The summed E-state index contributed by atoms with van der Waals surface area (Å²) in [5.74, 6) is 1.76. The summed E-state index contributed by atoms with van der Waals surface area (Å²) in [5, 5.41) is 3.00. The van der Waals surface area contributed by atoms with E-state index < -0.39 is 0 Å². The zero-order valence-corrected chi connectivity index (χ0v) is 16.2. The molecule has 2 aromatic carbocycles. The minimum absolute atomic E-state index is 0.0929. The number of amides is 1. The van der Waals surface area contributed by atoms with Gasteiger partial charge in [0.15, 0.2) is 17.3 Å². The highest BCUT2D eigenvalue weighted by Crippen LogP contribution is 2.31. The third kappa shape index (κ3) is 4.82. The van der Waals surface area contributed by atoms with Crippen LogP contribution in [0.15, 0.2) is 42.5 Å². The lowest BCUT2D eigenvalue weighted by molar-refractivity contribution is -0.121. The van der Waals surface area contributed by atoms with Crippen molar-refractivity contribution < 1.29 is 23.8 Å². The highest BCUT2D eigenvalue weighted by atomic mass is 16.6. The number of methoxy groups -OCH3 is 1. The smallest absolute Gasteiger partial charge is 0.220 e. The fraction of sp³-hybridized carbons (Fsp3) is 0.364. The van der Waals surface area contributed by atoms with Gasteiger partial charge in [-0.3, -0.25) is 9.59 Å². The number of hydrogen-bond acceptors (Lipinski definition) is 5. The molecule has 0 fully saturated rings. The number of carbonyl (C=O) groups is 2. The van der Waals surface area contributed by atoms with E-state index in [9.17, 15) is 9.59 Å². The van der Waals surface area contributed by atoms with E-state index in [1.165, 1.54) is 0 Å². The van der Waals surface area contributed by atoms with E-state index in [2.05, 4.69) is 5.32 Å². The third-order valence-electron chi connectivity index (χ3n) is 4.70. The van der Waals surface area contributed by atoms with Crippen LogP contribution in [-0.2, 0) is 4.79 Å². The van der Waals surface area contributed by atoms with Gasteiger partial charge in [0.2, 0.25) is 5.91 Å². The van der Waals surface area contributed by atoms with Gasteiger partial charge in [0, 0.05) is 18.4 Å². The summed E-state index contributed by atoms with van der Waals surface area (Å²) >= 11 is 0. The summed E-state index contributed by atoms with van der Waals surface area (Å²) in [5.41, 5.74) is 1.54. The number of ketones is 1. The Morgan fingerprint density at radius 1 is 1.04 bits per heavy atom. The van der Waals surface area contributed by atoms with E-state index in [1.54, 1.807) is 25.3 Å². The van der Waals surface area contributed by atoms with E-state index in [-0.39, 0.29) is 30.6 Å². The van der Waals surface area contributed by atoms with Crippen molar-refractivity contribution in [3.8, 4) is 17.2 Å². The van der Waals surface area contributed by atoms with Crippen LogP contribution in [-0.4, -0.2) is 32.0 Å². The molecule has 1 N–H and O–H groups in total. The largest absolute Gasteiger partial charge is 0.497 e. The highest BCUT2D eigenvalue weighted by molar-refractivity contribution is 5.98. The van der Waals surface area contributed by atoms with Crippen molar-refractivity contribution in [1.29, 1.82) is 0 Å². The Morgan fingerprint density at radius 2 is 1.75 bits per heavy atom. The molecule has 0 spiro atoms. The number of ether oxygens (including phenoxy) is 3.